The van der Waals surface area contributed by atoms with E-state index in [1.807, 2.05) is 85.7 Å². The van der Waals surface area contributed by atoms with Crippen LogP contribution in [0, 0.1) is 13.8 Å². The smallest absolute Gasteiger partial charge is 0.410 e. The summed E-state index contributed by atoms with van der Waals surface area (Å²) in [4.78, 5) is 53.5. The summed E-state index contributed by atoms with van der Waals surface area (Å²) in [5.41, 5.74) is 4.17. The van der Waals surface area contributed by atoms with E-state index in [9.17, 15) is 19.5 Å². The number of methoxy groups -OCH3 is 1. The maximum atomic E-state index is 12.6. The SMILES string of the molecule is COC(=O)CCCOc1c(C)cc2cccnc2c1N1CCCN(C(=O)OC(C)(C)C)CC1.Cc1cc2cccnc2c(N2CCCN(C(=O)OC(C)(C)C)CC2)c1O. The summed E-state index contributed by atoms with van der Waals surface area (Å²) < 4.78 is 22.0. The first-order valence-corrected chi connectivity index (χ1v) is 20.6. The van der Waals surface area contributed by atoms with Crippen LogP contribution in [-0.4, -0.2) is 120 Å². The van der Waals surface area contributed by atoms with Crippen LogP contribution in [-0.2, 0) is 19.0 Å². The number of phenols is 1. The Kier molecular flexibility index (Phi) is 14.7. The number of pyridine rings is 2. The predicted molar refractivity (Wildman–Crippen MR) is 231 cm³/mol. The van der Waals surface area contributed by atoms with E-state index < -0.39 is 11.2 Å². The van der Waals surface area contributed by atoms with Gasteiger partial charge in [0.25, 0.3) is 0 Å². The molecule has 4 heterocycles. The molecule has 0 spiro atoms. The Morgan fingerprint density at radius 1 is 0.695 bits per heavy atom. The van der Waals surface area contributed by atoms with Crippen molar-refractivity contribution in [2.45, 2.75) is 92.3 Å². The van der Waals surface area contributed by atoms with Gasteiger partial charge < -0.3 is 43.7 Å². The molecule has 14 nitrogen and oxygen atoms in total. The van der Waals surface area contributed by atoms with Crippen molar-refractivity contribution < 1.29 is 38.4 Å². The summed E-state index contributed by atoms with van der Waals surface area (Å²) in [5.74, 6) is 0.796. The van der Waals surface area contributed by atoms with Crippen LogP contribution in [0.15, 0.2) is 48.8 Å². The molecule has 14 heteroatoms. The normalized spacial score (nSPS) is 15.2. The zero-order valence-corrected chi connectivity index (χ0v) is 36.3. The highest BCUT2D eigenvalue weighted by Gasteiger charge is 2.29. The number of nitrogens with zero attached hydrogens (tertiary/aromatic N) is 6. The number of rotatable bonds is 7. The standard InChI is InChI=1S/C25H35N3O5.C20H27N3O3/c1-18-17-19-9-6-11-26-21(19)22(23(18)32-16-7-10-20(29)31-5)27-12-8-13-28(15-14-27)24(30)33-25(2,3)4;1-14-13-15-7-5-8-21-16(15)17(18(14)24)22-9-6-10-23(12-11-22)19(25)26-20(2,3)4/h6,9,11,17H,7-8,10,12-16H2,1-5H3;5,7-8,13,24H,6,9-12H2,1-4H3. The van der Waals surface area contributed by atoms with Gasteiger partial charge in [-0.3, -0.25) is 14.8 Å². The Labute approximate surface area is 348 Å². The Bertz CT molecular complexity index is 2100. The molecule has 6 rings (SSSR count). The van der Waals surface area contributed by atoms with E-state index in [0.29, 0.717) is 58.7 Å². The molecule has 1 N–H and O–H groups in total. The van der Waals surface area contributed by atoms with Gasteiger partial charge in [-0.2, -0.15) is 0 Å². The second-order valence-electron chi connectivity index (χ2n) is 17.1. The molecule has 0 aliphatic carbocycles. The van der Waals surface area contributed by atoms with Gasteiger partial charge >= 0.3 is 18.2 Å². The fourth-order valence-corrected chi connectivity index (χ4v) is 7.23. The molecule has 0 unspecified atom stereocenters. The second kappa shape index (κ2) is 19.5. The van der Waals surface area contributed by atoms with Crippen LogP contribution in [0.2, 0.25) is 0 Å². The van der Waals surface area contributed by atoms with E-state index in [2.05, 4.69) is 25.8 Å². The number of hydrogen-bond donors (Lipinski definition) is 1. The van der Waals surface area contributed by atoms with Crippen LogP contribution in [0.3, 0.4) is 0 Å². The molecule has 0 radical (unpaired) electrons. The zero-order chi connectivity index (χ0) is 42.9. The third-order valence-electron chi connectivity index (χ3n) is 9.97. The van der Waals surface area contributed by atoms with E-state index in [1.54, 1.807) is 22.2 Å². The van der Waals surface area contributed by atoms with Gasteiger partial charge in [0, 0.05) is 81.9 Å². The highest BCUT2D eigenvalue weighted by molar-refractivity contribution is 5.96. The van der Waals surface area contributed by atoms with Crippen molar-refractivity contribution >= 4 is 51.3 Å². The van der Waals surface area contributed by atoms with Crippen molar-refractivity contribution in [2.24, 2.45) is 0 Å². The van der Waals surface area contributed by atoms with Gasteiger partial charge in [0.05, 0.1) is 24.8 Å². The number of carbonyl (C=O) groups is 3. The number of ether oxygens (including phenoxy) is 4. The fourth-order valence-electron chi connectivity index (χ4n) is 7.23. The molecule has 0 saturated carbocycles. The fraction of sp³-hybridized carbons (Fsp3) is 0.533. The molecule has 2 saturated heterocycles. The Balaban J connectivity index is 0.000000230. The monoisotopic (exact) mass is 814 g/mol. The van der Waals surface area contributed by atoms with Crippen molar-refractivity contribution in [2.75, 3.05) is 75.9 Å². The van der Waals surface area contributed by atoms with Gasteiger partial charge in [0.1, 0.15) is 34.1 Å². The number of phenolic OH excluding ortho intramolecular Hbond substituents is 1. The minimum atomic E-state index is -0.523. The van der Waals surface area contributed by atoms with Crippen molar-refractivity contribution in [3.05, 3.63) is 59.9 Å². The van der Waals surface area contributed by atoms with Crippen LogP contribution in [0.1, 0.15) is 78.4 Å². The number of anilines is 2. The van der Waals surface area contributed by atoms with Crippen LogP contribution >= 0.6 is 0 Å². The van der Waals surface area contributed by atoms with Crippen molar-refractivity contribution in [1.82, 2.24) is 19.8 Å². The third kappa shape index (κ3) is 12.0. The molecule has 2 aromatic carbocycles. The van der Waals surface area contributed by atoms with E-state index in [-0.39, 0.29) is 23.9 Å². The quantitative estimate of drug-likeness (QED) is 0.110. The zero-order valence-electron chi connectivity index (χ0n) is 36.3. The van der Waals surface area contributed by atoms with Gasteiger partial charge in [0.15, 0.2) is 0 Å². The Morgan fingerprint density at radius 2 is 1.19 bits per heavy atom. The Hall–Kier alpha value is -5.53. The van der Waals surface area contributed by atoms with E-state index in [4.69, 9.17) is 18.9 Å². The molecule has 0 bridgehead atoms. The number of fused-ring (bicyclic) bond motifs is 2. The number of aromatic hydroxyl groups is 1. The number of carbonyl (C=O) groups excluding carboxylic acids is 3. The summed E-state index contributed by atoms with van der Waals surface area (Å²) in [7, 11) is 1.39. The average Bonchev–Trinajstić information content (AvgIpc) is 3.58. The maximum absolute atomic E-state index is 12.6. The lowest BCUT2D eigenvalue weighted by atomic mass is 10.1. The maximum Gasteiger partial charge on any atom is 0.410 e. The Morgan fingerprint density at radius 3 is 1.69 bits per heavy atom. The molecular formula is C45H62N6O8. The lowest BCUT2D eigenvalue weighted by Gasteiger charge is -2.28. The van der Waals surface area contributed by atoms with Crippen molar-refractivity contribution in [1.29, 1.82) is 0 Å². The first-order chi connectivity index (χ1) is 28.0. The minimum absolute atomic E-state index is 0.245. The summed E-state index contributed by atoms with van der Waals surface area (Å²) >= 11 is 0. The first-order valence-electron chi connectivity index (χ1n) is 20.6. The predicted octanol–water partition coefficient (Wildman–Crippen LogP) is 8.02. The lowest BCUT2D eigenvalue weighted by Crippen LogP contribution is -2.39. The van der Waals surface area contributed by atoms with Crippen LogP contribution in [0.4, 0.5) is 21.0 Å². The second-order valence-corrected chi connectivity index (χ2v) is 17.1. The number of aryl methyl sites for hydroxylation is 2. The van der Waals surface area contributed by atoms with Gasteiger partial charge in [-0.15, -0.1) is 0 Å². The molecule has 4 aromatic rings. The molecule has 320 valence electrons. The number of esters is 1. The molecular weight excluding hydrogens is 753 g/mol. The van der Waals surface area contributed by atoms with E-state index in [1.165, 1.54) is 7.11 Å². The van der Waals surface area contributed by atoms with Gasteiger partial charge in [0.2, 0.25) is 0 Å². The summed E-state index contributed by atoms with van der Waals surface area (Å²) in [5, 5.41) is 12.7. The van der Waals surface area contributed by atoms with Gasteiger partial charge in [-0.1, -0.05) is 12.1 Å². The molecule has 0 atom stereocenters. The van der Waals surface area contributed by atoms with Gasteiger partial charge in [-0.25, -0.2) is 9.59 Å². The summed E-state index contributed by atoms with van der Waals surface area (Å²) in [6.07, 6.45) is 5.46. The third-order valence-corrected chi connectivity index (χ3v) is 9.97. The first kappa shape index (κ1) is 44.6. The summed E-state index contributed by atoms with van der Waals surface area (Å²) in [6.45, 7) is 20.8. The van der Waals surface area contributed by atoms with Crippen LogP contribution in [0.25, 0.3) is 21.8 Å². The van der Waals surface area contributed by atoms with Crippen LogP contribution < -0.4 is 14.5 Å². The average molecular weight is 815 g/mol. The van der Waals surface area contributed by atoms with Gasteiger partial charge in [-0.05, 0) is 110 Å². The van der Waals surface area contributed by atoms with Crippen LogP contribution in [0.5, 0.6) is 11.5 Å². The highest BCUT2D eigenvalue weighted by Crippen LogP contribution is 2.40. The minimum Gasteiger partial charge on any atom is -0.505 e. The number of amides is 2. The lowest BCUT2D eigenvalue weighted by molar-refractivity contribution is -0.140. The molecule has 2 aliphatic rings. The van der Waals surface area contributed by atoms with E-state index >= 15 is 0 Å². The highest BCUT2D eigenvalue weighted by atomic mass is 16.6. The molecule has 2 fully saturated rings. The topological polar surface area (TPSA) is 147 Å². The molecule has 2 aliphatic heterocycles. The number of benzene rings is 2. The van der Waals surface area contributed by atoms with E-state index in [0.717, 1.165) is 76.0 Å². The number of aromatic nitrogens is 2. The van der Waals surface area contributed by atoms with Crippen molar-refractivity contribution in [3.63, 3.8) is 0 Å². The van der Waals surface area contributed by atoms with Crippen molar-refractivity contribution in [3.8, 4) is 11.5 Å². The molecule has 59 heavy (non-hydrogen) atoms. The molecule has 2 aromatic heterocycles. The summed E-state index contributed by atoms with van der Waals surface area (Å²) in [6, 6.07) is 11.9. The molecule has 2 amide bonds. The largest absolute Gasteiger partial charge is 0.505 e. The number of hydrogen-bond acceptors (Lipinski definition) is 12.